The van der Waals surface area contributed by atoms with Gasteiger partial charge in [-0.2, -0.15) is 0 Å². The molecule has 0 radical (unpaired) electrons. The minimum atomic E-state index is -0.357. The maximum Gasteiger partial charge on any atom is 0.334 e. The van der Waals surface area contributed by atoms with Gasteiger partial charge in [0.1, 0.15) is 24.4 Å². The third-order valence-electron chi connectivity index (χ3n) is 6.61. The number of allylic oxidation sites excluding steroid dienone is 1. The predicted molar refractivity (Wildman–Crippen MR) is 90.5 cm³/mol. The highest BCUT2D eigenvalue weighted by atomic mass is 16.6. The smallest absolute Gasteiger partial charge is 0.334 e. The summed E-state index contributed by atoms with van der Waals surface area (Å²) in [5.74, 6) is -0.693. The van der Waals surface area contributed by atoms with Crippen molar-refractivity contribution in [3.05, 3.63) is 36.0 Å². The Morgan fingerprint density at radius 2 is 2.08 bits per heavy atom. The molecule has 0 N–H and O–H groups in total. The molecule has 25 heavy (non-hydrogen) atoms. The molecule has 0 unspecified atom stereocenters. The fourth-order valence-electron chi connectivity index (χ4n) is 4.95. The zero-order valence-electron chi connectivity index (χ0n) is 14.9. The second-order valence-corrected chi connectivity index (χ2v) is 7.92. The van der Waals surface area contributed by atoms with Crippen LogP contribution < -0.4 is 0 Å². The van der Waals surface area contributed by atoms with Gasteiger partial charge in [0, 0.05) is 28.4 Å². The maximum absolute atomic E-state index is 12.4. The van der Waals surface area contributed by atoms with Gasteiger partial charge < -0.3 is 14.2 Å². The molecule has 0 aromatic rings. The van der Waals surface area contributed by atoms with Gasteiger partial charge in [-0.25, -0.2) is 9.59 Å². The molecule has 2 aliphatic carbocycles. The highest BCUT2D eigenvalue weighted by Gasteiger charge is 2.69. The Labute approximate surface area is 147 Å². The summed E-state index contributed by atoms with van der Waals surface area (Å²) in [6.45, 7) is 13.8. The van der Waals surface area contributed by atoms with E-state index in [4.69, 9.17) is 14.2 Å². The van der Waals surface area contributed by atoms with Crippen LogP contribution in [-0.4, -0.2) is 36.4 Å². The number of hydrogen-bond donors (Lipinski definition) is 0. The fourth-order valence-corrected chi connectivity index (χ4v) is 4.95. The van der Waals surface area contributed by atoms with Crippen molar-refractivity contribution in [3.8, 4) is 0 Å². The van der Waals surface area contributed by atoms with Crippen molar-refractivity contribution in [1.82, 2.24) is 0 Å². The molecule has 4 aliphatic rings. The van der Waals surface area contributed by atoms with E-state index < -0.39 is 0 Å². The summed E-state index contributed by atoms with van der Waals surface area (Å²) in [5, 5.41) is 0. The maximum atomic E-state index is 12.4. The van der Waals surface area contributed by atoms with E-state index in [-0.39, 0.29) is 53.6 Å². The first-order chi connectivity index (χ1) is 11.8. The lowest BCUT2D eigenvalue weighted by molar-refractivity contribution is -0.168. The monoisotopic (exact) mass is 344 g/mol. The lowest BCUT2D eigenvalue weighted by Gasteiger charge is -2.51. The molecular formula is C20H24O5. The lowest BCUT2D eigenvalue weighted by atomic mass is 9.54. The van der Waals surface area contributed by atoms with Gasteiger partial charge in [0.05, 0.1) is 0 Å². The first-order valence-electron chi connectivity index (χ1n) is 8.87. The molecule has 4 fully saturated rings. The Morgan fingerprint density at radius 3 is 2.76 bits per heavy atom. The first-order valence-corrected chi connectivity index (χ1v) is 8.87. The first kappa shape index (κ1) is 16.6. The number of rotatable bonds is 2. The van der Waals surface area contributed by atoms with E-state index in [0.717, 1.165) is 18.4 Å². The van der Waals surface area contributed by atoms with E-state index >= 15 is 0 Å². The minimum absolute atomic E-state index is 0.0197. The summed E-state index contributed by atoms with van der Waals surface area (Å²) < 4.78 is 17.4. The molecule has 0 aromatic carbocycles. The molecule has 5 nitrogen and oxygen atoms in total. The summed E-state index contributed by atoms with van der Waals surface area (Å²) >= 11 is 0. The SMILES string of the molecule is C=C1C(=O)O[C@@H]2[C@H]3C(=C)[C@@H]4O[C@@H]4[C@H](OC(=O)/C(C)=C\C)[C@]3(C)CC[C@@H]12. The van der Waals surface area contributed by atoms with Gasteiger partial charge in [0.25, 0.3) is 0 Å². The van der Waals surface area contributed by atoms with Gasteiger partial charge in [-0.15, -0.1) is 0 Å². The standard InChI is InChI=1S/C20H24O5/c1-6-9(2)18(21)25-17-16-14(23-16)11(4)13-15-12(7-8-20(13,17)5)10(3)19(22)24-15/h6,12-17H,3-4,7-8H2,1-2,5H3/b9-6-/t12-,13+,14-,15-,16-,17-,20+/m0/s1. The van der Waals surface area contributed by atoms with Gasteiger partial charge in [-0.3, -0.25) is 0 Å². The number of carbonyl (C=O) groups excluding carboxylic acids is 2. The molecule has 2 heterocycles. The molecule has 2 saturated heterocycles. The van der Waals surface area contributed by atoms with Crippen LogP contribution in [0.5, 0.6) is 0 Å². The molecule has 0 aromatic heterocycles. The molecule has 2 aliphatic heterocycles. The summed E-state index contributed by atoms with van der Waals surface area (Å²) in [4.78, 5) is 24.4. The van der Waals surface area contributed by atoms with Crippen LogP contribution in [0.4, 0.5) is 0 Å². The van der Waals surface area contributed by atoms with Crippen LogP contribution in [0.2, 0.25) is 0 Å². The quantitative estimate of drug-likeness (QED) is 0.333. The van der Waals surface area contributed by atoms with Crippen molar-refractivity contribution in [3.63, 3.8) is 0 Å². The van der Waals surface area contributed by atoms with E-state index in [2.05, 4.69) is 20.1 Å². The predicted octanol–water partition coefficient (Wildman–Crippen LogP) is 2.72. The number of hydrogen-bond acceptors (Lipinski definition) is 5. The van der Waals surface area contributed by atoms with Crippen LogP contribution >= 0.6 is 0 Å². The topological polar surface area (TPSA) is 65.1 Å². The minimum Gasteiger partial charge on any atom is -0.458 e. The van der Waals surface area contributed by atoms with Crippen LogP contribution in [0.25, 0.3) is 0 Å². The van der Waals surface area contributed by atoms with Gasteiger partial charge in [-0.05, 0) is 32.3 Å². The van der Waals surface area contributed by atoms with E-state index in [1.54, 1.807) is 13.0 Å². The second-order valence-electron chi connectivity index (χ2n) is 7.92. The van der Waals surface area contributed by atoms with E-state index in [1.807, 2.05) is 6.92 Å². The molecule has 0 bridgehead atoms. The third-order valence-corrected chi connectivity index (χ3v) is 6.61. The molecular weight excluding hydrogens is 320 g/mol. The van der Waals surface area contributed by atoms with E-state index in [9.17, 15) is 9.59 Å². The van der Waals surface area contributed by atoms with Gasteiger partial charge >= 0.3 is 11.9 Å². The molecule has 7 atom stereocenters. The van der Waals surface area contributed by atoms with Crippen LogP contribution in [0.3, 0.4) is 0 Å². The van der Waals surface area contributed by atoms with E-state index in [1.165, 1.54) is 0 Å². The number of fused-ring (bicyclic) bond motifs is 4. The van der Waals surface area contributed by atoms with Gasteiger partial charge in [0.2, 0.25) is 0 Å². The van der Waals surface area contributed by atoms with Gasteiger partial charge in [-0.1, -0.05) is 26.2 Å². The molecule has 0 spiro atoms. The van der Waals surface area contributed by atoms with Crippen LogP contribution in [0, 0.1) is 17.3 Å². The number of carbonyl (C=O) groups is 2. The largest absolute Gasteiger partial charge is 0.458 e. The molecule has 5 heteroatoms. The molecule has 4 rings (SSSR count). The Balaban J connectivity index is 1.68. The second kappa shape index (κ2) is 5.31. The third kappa shape index (κ3) is 2.18. The van der Waals surface area contributed by atoms with Crippen LogP contribution in [0.1, 0.15) is 33.6 Å². The van der Waals surface area contributed by atoms with Crippen molar-refractivity contribution < 1.29 is 23.8 Å². The van der Waals surface area contributed by atoms with Crippen molar-refractivity contribution in [2.24, 2.45) is 17.3 Å². The summed E-state index contributed by atoms with van der Waals surface area (Å²) in [6, 6.07) is 0. The highest BCUT2D eigenvalue weighted by molar-refractivity contribution is 5.91. The number of epoxide rings is 1. The average Bonchev–Trinajstić information content (AvgIpc) is 3.32. The fraction of sp³-hybridized carbons (Fsp3) is 0.600. The van der Waals surface area contributed by atoms with Crippen molar-refractivity contribution in [1.29, 1.82) is 0 Å². The Hall–Kier alpha value is -1.88. The number of ether oxygens (including phenoxy) is 3. The van der Waals surface area contributed by atoms with Crippen molar-refractivity contribution in [2.45, 2.75) is 58.0 Å². The molecule has 0 amide bonds. The average molecular weight is 344 g/mol. The zero-order valence-corrected chi connectivity index (χ0v) is 14.9. The highest BCUT2D eigenvalue weighted by Crippen LogP contribution is 2.62. The normalized spacial score (nSPS) is 45.2. The lowest BCUT2D eigenvalue weighted by Crippen LogP contribution is -2.57. The van der Waals surface area contributed by atoms with Crippen molar-refractivity contribution in [2.75, 3.05) is 0 Å². The van der Waals surface area contributed by atoms with Crippen LogP contribution in [0.15, 0.2) is 36.0 Å². The molecule has 2 saturated carbocycles. The van der Waals surface area contributed by atoms with Crippen molar-refractivity contribution >= 4 is 11.9 Å². The van der Waals surface area contributed by atoms with Gasteiger partial charge in [0.15, 0.2) is 0 Å². The Kier molecular flexibility index (Phi) is 3.52. The zero-order chi connectivity index (χ0) is 18.1. The van der Waals surface area contributed by atoms with E-state index in [0.29, 0.717) is 11.1 Å². The Morgan fingerprint density at radius 1 is 1.36 bits per heavy atom. The summed E-state index contributed by atoms with van der Waals surface area (Å²) in [6.07, 6.45) is 2.46. The summed E-state index contributed by atoms with van der Waals surface area (Å²) in [7, 11) is 0. The number of esters is 2. The Bertz CT molecular complexity index is 720. The molecule has 134 valence electrons. The van der Waals surface area contributed by atoms with Crippen LogP contribution in [-0.2, 0) is 23.8 Å². The summed E-state index contributed by atoms with van der Waals surface area (Å²) in [5.41, 5.74) is 1.73.